The predicted molar refractivity (Wildman–Crippen MR) is 167 cm³/mol. The highest BCUT2D eigenvalue weighted by atomic mass is 16.2. The Balaban J connectivity index is 2.33. The van der Waals surface area contributed by atoms with Gasteiger partial charge in [0.15, 0.2) is 0 Å². The molecule has 0 saturated carbocycles. The summed E-state index contributed by atoms with van der Waals surface area (Å²) in [6, 6.07) is 10.2. The molecule has 216 valence electrons. The minimum atomic E-state index is -0.00324. The SMILES string of the molecule is CCCCC(CCC)CNC(=O)c1ccc(-c2ccc(C(=O)NCC(C)CCC)cc2CC)c(CC)c1CC. The van der Waals surface area contributed by atoms with E-state index in [2.05, 4.69) is 71.2 Å². The first kappa shape index (κ1) is 32.6. The van der Waals surface area contributed by atoms with Gasteiger partial charge in [-0.2, -0.15) is 0 Å². The lowest BCUT2D eigenvalue weighted by Gasteiger charge is -2.21. The molecule has 0 fully saturated rings. The van der Waals surface area contributed by atoms with Crippen molar-refractivity contribution < 1.29 is 9.59 Å². The summed E-state index contributed by atoms with van der Waals surface area (Å²) >= 11 is 0. The minimum absolute atomic E-state index is 0.00324. The number of aryl methyl sites for hydroxylation is 1. The van der Waals surface area contributed by atoms with Crippen LogP contribution in [0.25, 0.3) is 11.1 Å². The molecule has 0 aliphatic rings. The number of hydrogen-bond acceptors (Lipinski definition) is 2. The first-order valence-electron chi connectivity index (χ1n) is 15.7. The van der Waals surface area contributed by atoms with Crippen molar-refractivity contribution in [2.45, 2.75) is 113 Å². The zero-order chi connectivity index (χ0) is 28.8. The molecule has 0 aliphatic carbocycles. The van der Waals surface area contributed by atoms with Crippen molar-refractivity contribution in [3.63, 3.8) is 0 Å². The fraction of sp³-hybridized carbons (Fsp3) is 0.600. The molecule has 2 N–H and O–H groups in total. The maximum absolute atomic E-state index is 13.4. The van der Waals surface area contributed by atoms with Gasteiger partial charge < -0.3 is 10.6 Å². The average Bonchev–Trinajstić information content (AvgIpc) is 2.95. The van der Waals surface area contributed by atoms with Gasteiger partial charge in [0.25, 0.3) is 11.8 Å². The Morgan fingerprint density at radius 3 is 1.97 bits per heavy atom. The summed E-state index contributed by atoms with van der Waals surface area (Å²) in [5.74, 6) is 1.07. The number of hydrogen-bond donors (Lipinski definition) is 2. The minimum Gasteiger partial charge on any atom is -0.352 e. The van der Waals surface area contributed by atoms with Crippen LogP contribution < -0.4 is 10.6 Å². The van der Waals surface area contributed by atoms with Crippen LogP contribution in [0.1, 0.15) is 131 Å². The van der Waals surface area contributed by atoms with Gasteiger partial charge in [0.05, 0.1) is 0 Å². The number of benzene rings is 2. The van der Waals surface area contributed by atoms with Gasteiger partial charge in [0, 0.05) is 24.2 Å². The molecule has 0 bridgehead atoms. The van der Waals surface area contributed by atoms with E-state index in [0.29, 0.717) is 23.9 Å². The molecule has 2 aromatic rings. The van der Waals surface area contributed by atoms with Crippen molar-refractivity contribution >= 4 is 11.8 Å². The molecule has 2 aromatic carbocycles. The summed E-state index contributed by atoms with van der Waals surface area (Å²) < 4.78 is 0. The summed E-state index contributed by atoms with van der Waals surface area (Å²) in [7, 11) is 0. The predicted octanol–water partition coefficient (Wildman–Crippen LogP) is 8.54. The van der Waals surface area contributed by atoms with E-state index in [1.165, 1.54) is 30.4 Å². The molecule has 0 aromatic heterocycles. The first-order valence-corrected chi connectivity index (χ1v) is 15.7. The second kappa shape index (κ2) is 17.2. The number of nitrogens with one attached hydrogen (secondary N) is 2. The highest BCUT2D eigenvalue weighted by Crippen LogP contribution is 2.33. The molecule has 0 heterocycles. The van der Waals surface area contributed by atoms with Gasteiger partial charge in [-0.05, 0) is 96.4 Å². The number of amides is 2. The Morgan fingerprint density at radius 2 is 1.36 bits per heavy atom. The van der Waals surface area contributed by atoms with Crippen LogP contribution in [0.2, 0.25) is 0 Å². The summed E-state index contributed by atoms with van der Waals surface area (Å²) in [5.41, 5.74) is 7.40. The second-order valence-electron chi connectivity index (χ2n) is 11.2. The van der Waals surface area contributed by atoms with E-state index in [0.717, 1.165) is 73.7 Å². The normalized spacial score (nSPS) is 12.7. The molecule has 39 heavy (non-hydrogen) atoms. The highest BCUT2D eigenvalue weighted by molar-refractivity contribution is 5.98. The Labute approximate surface area is 238 Å². The first-order chi connectivity index (χ1) is 18.8. The van der Waals surface area contributed by atoms with E-state index in [-0.39, 0.29) is 11.8 Å². The molecule has 4 heteroatoms. The highest BCUT2D eigenvalue weighted by Gasteiger charge is 2.20. The van der Waals surface area contributed by atoms with Gasteiger partial charge in [-0.3, -0.25) is 9.59 Å². The zero-order valence-corrected chi connectivity index (χ0v) is 25.8. The summed E-state index contributed by atoms with van der Waals surface area (Å²) in [4.78, 5) is 26.2. The molecule has 4 nitrogen and oxygen atoms in total. The number of carbonyl (C=O) groups excluding carboxylic acids is 2. The van der Waals surface area contributed by atoms with Crippen LogP contribution in [-0.4, -0.2) is 24.9 Å². The van der Waals surface area contributed by atoms with Crippen molar-refractivity contribution in [1.82, 2.24) is 10.6 Å². The Hall–Kier alpha value is -2.62. The van der Waals surface area contributed by atoms with Gasteiger partial charge in [0.1, 0.15) is 0 Å². The Kier molecular flexibility index (Phi) is 14.3. The molecule has 2 amide bonds. The van der Waals surface area contributed by atoms with E-state index >= 15 is 0 Å². The lowest BCUT2D eigenvalue weighted by Crippen LogP contribution is -2.30. The van der Waals surface area contributed by atoms with E-state index in [1.807, 2.05) is 18.2 Å². The van der Waals surface area contributed by atoms with E-state index < -0.39 is 0 Å². The van der Waals surface area contributed by atoms with Crippen LogP contribution in [0.5, 0.6) is 0 Å². The van der Waals surface area contributed by atoms with Crippen molar-refractivity contribution in [3.8, 4) is 11.1 Å². The molecule has 2 unspecified atom stereocenters. The largest absolute Gasteiger partial charge is 0.352 e. The van der Waals surface area contributed by atoms with Crippen molar-refractivity contribution in [2.75, 3.05) is 13.1 Å². The van der Waals surface area contributed by atoms with E-state index in [4.69, 9.17) is 0 Å². The van der Waals surface area contributed by atoms with E-state index in [9.17, 15) is 9.59 Å². The number of unbranched alkanes of at least 4 members (excludes halogenated alkanes) is 1. The Bertz CT molecular complexity index is 1060. The zero-order valence-electron chi connectivity index (χ0n) is 25.8. The third-order valence-corrected chi connectivity index (χ3v) is 8.03. The van der Waals surface area contributed by atoms with Crippen LogP contribution in [-0.2, 0) is 19.3 Å². The lowest BCUT2D eigenvalue weighted by molar-refractivity contribution is 0.0937. The second-order valence-corrected chi connectivity index (χ2v) is 11.2. The molecule has 2 rings (SSSR count). The van der Waals surface area contributed by atoms with Crippen LogP contribution in [0.4, 0.5) is 0 Å². The van der Waals surface area contributed by atoms with Crippen molar-refractivity contribution in [2.24, 2.45) is 11.8 Å². The summed E-state index contributed by atoms with van der Waals surface area (Å²) in [6.45, 7) is 16.7. The lowest BCUT2D eigenvalue weighted by atomic mass is 9.86. The molecule has 0 spiro atoms. The summed E-state index contributed by atoms with van der Waals surface area (Å²) in [5, 5.41) is 6.37. The number of carbonyl (C=O) groups is 2. The van der Waals surface area contributed by atoms with Crippen LogP contribution >= 0.6 is 0 Å². The van der Waals surface area contributed by atoms with Gasteiger partial charge in [-0.25, -0.2) is 0 Å². The summed E-state index contributed by atoms with van der Waals surface area (Å²) in [6.07, 6.45) is 10.6. The van der Waals surface area contributed by atoms with Crippen LogP contribution in [0.3, 0.4) is 0 Å². The maximum Gasteiger partial charge on any atom is 0.251 e. The standard InChI is InChI=1S/C35H54N2O2/c1-8-14-17-26(16-10-3)24-37-35(39)33-21-20-32(29(12-5)30(33)13-6)31-19-18-28(22-27(31)11-4)34(38)36-23-25(7)15-9-2/h18-22,25-26H,8-17,23-24H2,1-7H3,(H,36,38)(H,37,39). The van der Waals surface area contributed by atoms with Gasteiger partial charge in [-0.1, -0.05) is 86.3 Å². The molecule has 0 saturated heterocycles. The molecular weight excluding hydrogens is 480 g/mol. The van der Waals surface area contributed by atoms with Gasteiger partial charge >= 0.3 is 0 Å². The van der Waals surface area contributed by atoms with Crippen LogP contribution in [0.15, 0.2) is 30.3 Å². The smallest absolute Gasteiger partial charge is 0.251 e. The fourth-order valence-corrected chi connectivity index (χ4v) is 5.80. The van der Waals surface area contributed by atoms with Gasteiger partial charge in [0.2, 0.25) is 0 Å². The third kappa shape index (κ3) is 9.22. The Morgan fingerprint density at radius 1 is 0.692 bits per heavy atom. The van der Waals surface area contributed by atoms with Crippen molar-refractivity contribution in [1.29, 1.82) is 0 Å². The van der Waals surface area contributed by atoms with Crippen molar-refractivity contribution in [3.05, 3.63) is 58.1 Å². The molecular formula is C35H54N2O2. The topological polar surface area (TPSA) is 58.2 Å². The molecule has 0 aliphatic heterocycles. The maximum atomic E-state index is 13.4. The van der Waals surface area contributed by atoms with E-state index in [1.54, 1.807) is 0 Å². The third-order valence-electron chi connectivity index (χ3n) is 8.03. The molecule has 2 atom stereocenters. The van der Waals surface area contributed by atoms with Crippen LogP contribution in [0, 0.1) is 11.8 Å². The quantitative estimate of drug-likeness (QED) is 0.214. The molecule has 0 radical (unpaired) electrons. The van der Waals surface area contributed by atoms with Gasteiger partial charge in [-0.15, -0.1) is 0 Å². The monoisotopic (exact) mass is 534 g/mol. The number of rotatable bonds is 17. The fourth-order valence-electron chi connectivity index (χ4n) is 5.80. The average molecular weight is 535 g/mol.